The summed E-state index contributed by atoms with van der Waals surface area (Å²) < 4.78 is 16.0. The van der Waals surface area contributed by atoms with Crippen molar-refractivity contribution in [3.05, 3.63) is 121 Å². The Bertz CT molecular complexity index is 1530. The van der Waals surface area contributed by atoms with Gasteiger partial charge < -0.3 is 19.3 Å². The Labute approximate surface area is 246 Å². The van der Waals surface area contributed by atoms with Crippen LogP contribution in [0.25, 0.3) is 33.4 Å². The van der Waals surface area contributed by atoms with E-state index in [1.54, 1.807) is 12.1 Å². The maximum atomic E-state index is 11.9. The number of carbonyl (C=O) groups is 2. The second kappa shape index (κ2) is 14.6. The number of aryl methyl sites for hydroxylation is 1. The highest BCUT2D eigenvalue weighted by Crippen LogP contribution is 2.33. The van der Waals surface area contributed by atoms with Crippen LogP contribution in [0.3, 0.4) is 0 Å². The molecule has 1 N–H and O–H groups in total. The third-order valence-corrected chi connectivity index (χ3v) is 6.68. The SMILES string of the molecule is C=CC(=O)Oc1ccc(-c2ccc(CCCOC(=O)C(=C)CO)c(-c3ccc(-c4ccc(OCC)cc4)cc3)c2)cc1. The van der Waals surface area contributed by atoms with E-state index in [1.165, 1.54) is 0 Å². The Morgan fingerprint density at radius 1 is 0.786 bits per heavy atom. The maximum Gasteiger partial charge on any atom is 0.335 e. The Morgan fingerprint density at radius 2 is 1.33 bits per heavy atom. The van der Waals surface area contributed by atoms with Gasteiger partial charge in [0.2, 0.25) is 0 Å². The van der Waals surface area contributed by atoms with Crippen LogP contribution in [0.4, 0.5) is 0 Å². The smallest absolute Gasteiger partial charge is 0.335 e. The first-order chi connectivity index (χ1) is 20.4. The molecule has 4 aromatic carbocycles. The zero-order valence-electron chi connectivity index (χ0n) is 23.7. The second-order valence-corrected chi connectivity index (χ2v) is 9.56. The van der Waals surface area contributed by atoms with Gasteiger partial charge in [-0.1, -0.05) is 73.8 Å². The fraction of sp³-hybridized carbons (Fsp3) is 0.167. The molecule has 0 aliphatic carbocycles. The predicted molar refractivity (Wildman–Crippen MR) is 165 cm³/mol. The number of benzene rings is 4. The van der Waals surface area contributed by atoms with Crippen molar-refractivity contribution < 1.29 is 28.9 Å². The first kappa shape index (κ1) is 30.0. The molecule has 214 valence electrons. The van der Waals surface area contributed by atoms with Crippen LogP contribution in [0.5, 0.6) is 11.5 Å². The minimum Gasteiger partial charge on any atom is -0.494 e. The second-order valence-electron chi connectivity index (χ2n) is 9.56. The molecule has 0 aromatic heterocycles. The van der Waals surface area contributed by atoms with Crippen molar-refractivity contribution in [3.8, 4) is 44.9 Å². The van der Waals surface area contributed by atoms with Gasteiger partial charge in [-0.2, -0.15) is 0 Å². The molecule has 4 rings (SSSR count). The third-order valence-electron chi connectivity index (χ3n) is 6.68. The standard InChI is InChI=1S/C36H34O6/c1-4-35(38)42-33-20-16-28(17-21-33)31-13-12-29(7-6-22-41-36(39)25(3)24-37)34(23-31)30-10-8-26(9-11-30)27-14-18-32(19-15-27)40-5-2/h4,8-21,23,37H,1,3,5-7,22,24H2,2H3. The van der Waals surface area contributed by atoms with Gasteiger partial charge in [-0.3, -0.25) is 0 Å². The molecule has 0 atom stereocenters. The van der Waals surface area contributed by atoms with Gasteiger partial charge in [0.25, 0.3) is 0 Å². The average molecular weight is 563 g/mol. The Hall–Kier alpha value is -4.94. The molecule has 0 radical (unpaired) electrons. The molecule has 0 heterocycles. The van der Waals surface area contributed by atoms with Crippen molar-refractivity contribution in [1.29, 1.82) is 0 Å². The summed E-state index contributed by atoms with van der Waals surface area (Å²) in [6.07, 6.45) is 2.43. The average Bonchev–Trinajstić information content (AvgIpc) is 3.03. The summed E-state index contributed by atoms with van der Waals surface area (Å²) in [6, 6.07) is 30.1. The Kier molecular flexibility index (Phi) is 10.5. The molecule has 0 saturated heterocycles. The number of aliphatic hydroxyl groups is 1. The van der Waals surface area contributed by atoms with Crippen molar-refractivity contribution in [3.63, 3.8) is 0 Å². The number of rotatable bonds is 13. The molecular weight excluding hydrogens is 528 g/mol. The van der Waals surface area contributed by atoms with Gasteiger partial charge in [-0.15, -0.1) is 0 Å². The first-order valence-corrected chi connectivity index (χ1v) is 13.8. The van der Waals surface area contributed by atoms with Crippen molar-refractivity contribution in [2.75, 3.05) is 19.8 Å². The van der Waals surface area contributed by atoms with Crippen molar-refractivity contribution in [2.45, 2.75) is 19.8 Å². The van der Waals surface area contributed by atoms with Gasteiger partial charge in [-0.25, -0.2) is 9.59 Å². The highest BCUT2D eigenvalue weighted by atomic mass is 16.5. The van der Waals surface area contributed by atoms with Crippen LogP contribution in [-0.4, -0.2) is 36.9 Å². The topological polar surface area (TPSA) is 82.1 Å². The van der Waals surface area contributed by atoms with Crippen molar-refractivity contribution in [2.24, 2.45) is 0 Å². The van der Waals surface area contributed by atoms with Gasteiger partial charge in [0.15, 0.2) is 0 Å². The van der Waals surface area contributed by atoms with Crippen LogP contribution in [0.1, 0.15) is 18.9 Å². The normalized spacial score (nSPS) is 10.5. The molecule has 0 spiro atoms. The summed E-state index contributed by atoms with van der Waals surface area (Å²) in [7, 11) is 0. The molecule has 42 heavy (non-hydrogen) atoms. The molecule has 0 unspecified atom stereocenters. The van der Waals surface area contributed by atoms with E-state index in [0.717, 1.165) is 50.8 Å². The Morgan fingerprint density at radius 3 is 1.93 bits per heavy atom. The van der Waals surface area contributed by atoms with Crippen LogP contribution in [0.15, 0.2) is 116 Å². The number of esters is 2. The van der Waals surface area contributed by atoms with Crippen LogP contribution in [0, 0.1) is 0 Å². The van der Waals surface area contributed by atoms with E-state index < -0.39 is 18.5 Å². The molecule has 0 fully saturated rings. The Balaban J connectivity index is 1.59. The van der Waals surface area contributed by atoms with Gasteiger partial charge in [0.05, 0.1) is 25.4 Å². The minimum atomic E-state index is -0.583. The summed E-state index contributed by atoms with van der Waals surface area (Å²) in [4.78, 5) is 23.4. The van der Waals surface area contributed by atoms with E-state index in [4.69, 9.17) is 19.3 Å². The summed E-state index contributed by atoms with van der Waals surface area (Å²) in [5.41, 5.74) is 7.46. The van der Waals surface area contributed by atoms with Gasteiger partial charge >= 0.3 is 11.9 Å². The highest BCUT2D eigenvalue weighted by Gasteiger charge is 2.11. The lowest BCUT2D eigenvalue weighted by molar-refractivity contribution is -0.139. The molecular formula is C36H34O6. The third kappa shape index (κ3) is 7.83. The minimum absolute atomic E-state index is 0.0398. The van der Waals surface area contributed by atoms with E-state index >= 15 is 0 Å². The number of aliphatic hydroxyl groups excluding tert-OH is 1. The lowest BCUT2D eigenvalue weighted by Gasteiger charge is -2.14. The lowest BCUT2D eigenvalue weighted by Crippen LogP contribution is -2.11. The monoisotopic (exact) mass is 562 g/mol. The zero-order valence-corrected chi connectivity index (χ0v) is 23.7. The van der Waals surface area contributed by atoms with Crippen molar-refractivity contribution >= 4 is 11.9 Å². The lowest BCUT2D eigenvalue weighted by atomic mass is 9.91. The number of hydrogen-bond donors (Lipinski definition) is 1. The van der Waals surface area contributed by atoms with E-state index in [-0.39, 0.29) is 12.2 Å². The molecule has 0 aliphatic heterocycles. The zero-order chi connectivity index (χ0) is 29.9. The van der Waals surface area contributed by atoms with E-state index in [1.807, 2.05) is 31.2 Å². The van der Waals surface area contributed by atoms with Crippen LogP contribution >= 0.6 is 0 Å². The summed E-state index contributed by atoms with van der Waals surface area (Å²) in [5, 5.41) is 9.08. The van der Waals surface area contributed by atoms with Gasteiger partial charge in [0.1, 0.15) is 11.5 Å². The highest BCUT2D eigenvalue weighted by molar-refractivity contribution is 5.88. The van der Waals surface area contributed by atoms with Crippen molar-refractivity contribution in [1.82, 2.24) is 0 Å². The largest absolute Gasteiger partial charge is 0.494 e. The molecule has 6 heteroatoms. The number of carbonyl (C=O) groups excluding carboxylic acids is 2. The predicted octanol–water partition coefficient (Wildman–Crippen LogP) is 7.20. The van der Waals surface area contributed by atoms with E-state index in [0.29, 0.717) is 25.2 Å². The molecule has 4 aromatic rings. The van der Waals surface area contributed by atoms with E-state index in [2.05, 4.69) is 67.8 Å². The maximum absolute atomic E-state index is 11.9. The number of ether oxygens (including phenoxy) is 3. The first-order valence-electron chi connectivity index (χ1n) is 13.8. The van der Waals surface area contributed by atoms with Gasteiger partial charge in [-0.05, 0) is 89.0 Å². The van der Waals surface area contributed by atoms with Gasteiger partial charge in [0, 0.05) is 6.08 Å². The summed E-state index contributed by atoms with van der Waals surface area (Å²) in [6.45, 7) is 9.33. The summed E-state index contributed by atoms with van der Waals surface area (Å²) >= 11 is 0. The number of hydrogen-bond acceptors (Lipinski definition) is 6. The van der Waals surface area contributed by atoms with Crippen LogP contribution in [-0.2, 0) is 20.7 Å². The quantitative estimate of drug-likeness (QED) is 0.0803. The van der Waals surface area contributed by atoms with E-state index in [9.17, 15) is 9.59 Å². The molecule has 0 amide bonds. The van der Waals surface area contributed by atoms with Crippen LogP contribution < -0.4 is 9.47 Å². The molecule has 0 bridgehead atoms. The molecule has 0 saturated carbocycles. The fourth-order valence-electron chi connectivity index (χ4n) is 4.46. The molecule has 0 aliphatic rings. The molecule has 6 nitrogen and oxygen atoms in total. The fourth-order valence-corrected chi connectivity index (χ4v) is 4.46. The van der Waals surface area contributed by atoms with Crippen LogP contribution in [0.2, 0.25) is 0 Å². The summed E-state index contributed by atoms with van der Waals surface area (Å²) in [5.74, 6) is 0.205.